The Kier molecular flexibility index (Phi) is 4.57. The standard InChI is InChI=1S/C7H13N3O4/c1-3(7(13)14)10-6(12)4(8)2-5(9)11/h3-4H,2,8H2,1H3,(H2,9,11)(H,10,12)(H,13,14). The highest BCUT2D eigenvalue weighted by Gasteiger charge is 2.20. The van der Waals surface area contributed by atoms with Crippen molar-refractivity contribution in [1.82, 2.24) is 5.32 Å². The number of nitrogens with two attached hydrogens (primary N) is 2. The zero-order valence-corrected chi connectivity index (χ0v) is 7.69. The number of carboxylic acid groups (broad SMARTS) is 1. The van der Waals surface area contributed by atoms with Gasteiger partial charge in [0.15, 0.2) is 0 Å². The van der Waals surface area contributed by atoms with Crippen LogP contribution in [0.2, 0.25) is 0 Å². The van der Waals surface area contributed by atoms with Crippen LogP contribution in [0, 0.1) is 0 Å². The van der Waals surface area contributed by atoms with Gasteiger partial charge in [-0.25, -0.2) is 0 Å². The minimum absolute atomic E-state index is 0.307. The molecule has 0 aromatic heterocycles. The Bertz CT molecular complexity index is 253. The van der Waals surface area contributed by atoms with Crippen LogP contribution in [0.1, 0.15) is 13.3 Å². The number of amides is 2. The molecule has 0 spiro atoms. The third-order valence-electron chi connectivity index (χ3n) is 1.49. The van der Waals surface area contributed by atoms with Crippen molar-refractivity contribution in [2.45, 2.75) is 25.4 Å². The summed E-state index contributed by atoms with van der Waals surface area (Å²) in [6, 6.07) is -2.14. The fourth-order valence-corrected chi connectivity index (χ4v) is 0.692. The molecule has 14 heavy (non-hydrogen) atoms. The molecule has 0 aromatic carbocycles. The lowest BCUT2D eigenvalue weighted by molar-refractivity contribution is -0.141. The van der Waals surface area contributed by atoms with Gasteiger partial charge in [0.25, 0.3) is 0 Å². The number of carboxylic acids is 1. The average Bonchev–Trinajstić information content (AvgIpc) is 2.02. The number of nitrogens with one attached hydrogen (secondary N) is 1. The van der Waals surface area contributed by atoms with Crippen LogP contribution in [0.15, 0.2) is 0 Å². The van der Waals surface area contributed by atoms with Crippen molar-refractivity contribution in [2.24, 2.45) is 11.5 Å². The monoisotopic (exact) mass is 203 g/mol. The molecule has 80 valence electrons. The van der Waals surface area contributed by atoms with Crippen LogP contribution in [0.4, 0.5) is 0 Å². The molecule has 0 bridgehead atoms. The summed E-state index contributed by atoms with van der Waals surface area (Å²) in [5, 5.41) is 10.6. The molecule has 6 N–H and O–H groups in total. The molecule has 0 saturated heterocycles. The number of carbonyl (C=O) groups is 3. The van der Waals surface area contributed by atoms with E-state index in [0.717, 1.165) is 0 Å². The Morgan fingerprint density at radius 1 is 1.43 bits per heavy atom. The van der Waals surface area contributed by atoms with Crippen LogP contribution in [-0.2, 0) is 14.4 Å². The summed E-state index contributed by atoms with van der Waals surface area (Å²) in [6.45, 7) is 1.29. The minimum atomic E-state index is -1.18. The predicted molar refractivity (Wildman–Crippen MR) is 47.0 cm³/mol. The first-order valence-corrected chi connectivity index (χ1v) is 3.91. The first-order valence-electron chi connectivity index (χ1n) is 3.91. The van der Waals surface area contributed by atoms with Gasteiger partial charge < -0.3 is 21.9 Å². The molecule has 7 nitrogen and oxygen atoms in total. The van der Waals surface area contributed by atoms with Gasteiger partial charge in [0.2, 0.25) is 11.8 Å². The van der Waals surface area contributed by atoms with E-state index >= 15 is 0 Å². The Balaban J connectivity index is 4.07. The number of rotatable bonds is 5. The van der Waals surface area contributed by atoms with E-state index in [1.807, 2.05) is 0 Å². The van der Waals surface area contributed by atoms with Gasteiger partial charge in [0, 0.05) is 0 Å². The number of aliphatic carboxylic acids is 1. The Labute approximate surface area is 80.4 Å². The molecule has 2 amide bonds. The van der Waals surface area contributed by atoms with Gasteiger partial charge >= 0.3 is 5.97 Å². The molecule has 0 aliphatic rings. The van der Waals surface area contributed by atoms with Crippen LogP contribution >= 0.6 is 0 Å². The lowest BCUT2D eigenvalue weighted by Crippen LogP contribution is -2.48. The lowest BCUT2D eigenvalue weighted by atomic mass is 10.2. The van der Waals surface area contributed by atoms with Gasteiger partial charge in [-0.2, -0.15) is 0 Å². The van der Waals surface area contributed by atoms with Gasteiger partial charge in [-0.3, -0.25) is 14.4 Å². The van der Waals surface area contributed by atoms with E-state index in [9.17, 15) is 14.4 Å². The molecule has 2 atom stereocenters. The smallest absolute Gasteiger partial charge is 0.325 e. The third kappa shape index (κ3) is 4.41. The van der Waals surface area contributed by atoms with Crippen molar-refractivity contribution in [3.05, 3.63) is 0 Å². The molecule has 0 fully saturated rings. The first-order chi connectivity index (χ1) is 6.34. The van der Waals surface area contributed by atoms with E-state index in [0.29, 0.717) is 0 Å². The molecule has 0 aliphatic carbocycles. The number of hydrogen-bond acceptors (Lipinski definition) is 4. The molecule has 0 heterocycles. The minimum Gasteiger partial charge on any atom is -0.480 e. The molecular formula is C7H13N3O4. The molecule has 0 saturated carbocycles. The van der Waals surface area contributed by atoms with Gasteiger partial charge in [0.05, 0.1) is 12.5 Å². The molecule has 0 aliphatic heterocycles. The van der Waals surface area contributed by atoms with Crippen molar-refractivity contribution >= 4 is 17.8 Å². The van der Waals surface area contributed by atoms with Crippen LogP contribution in [0.25, 0.3) is 0 Å². The van der Waals surface area contributed by atoms with Gasteiger partial charge in [-0.15, -0.1) is 0 Å². The van der Waals surface area contributed by atoms with Crippen LogP contribution in [-0.4, -0.2) is 35.0 Å². The number of hydrogen-bond donors (Lipinski definition) is 4. The largest absolute Gasteiger partial charge is 0.480 e. The van der Waals surface area contributed by atoms with E-state index in [4.69, 9.17) is 16.6 Å². The summed E-state index contributed by atoms with van der Waals surface area (Å²) in [6.07, 6.45) is -0.307. The van der Waals surface area contributed by atoms with Crippen LogP contribution in [0.3, 0.4) is 0 Å². The van der Waals surface area contributed by atoms with Crippen molar-refractivity contribution < 1.29 is 19.5 Å². The Morgan fingerprint density at radius 2 is 1.93 bits per heavy atom. The second-order valence-electron chi connectivity index (χ2n) is 2.85. The maximum absolute atomic E-state index is 11.1. The number of primary amides is 1. The SMILES string of the molecule is CC(NC(=O)C(N)CC(N)=O)C(=O)O. The quantitative estimate of drug-likeness (QED) is 0.401. The fraction of sp³-hybridized carbons (Fsp3) is 0.571. The van der Waals surface area contributed by atoms with E-state index in [1.54, 1.807) is 0 Å². The first kappa shape index (κ1) is 12.4. The maximum atomic E-state index is 11.1. The van der Waals surface area contributed by atoms with E-state index in [-0.39, 0.29) is 6.42 Å². The molecule has 0 rings (SSSR count). The second-order valence-corrected chi connectivity index (χ2v) is 2.85. The lowest BCUT2D eigenvalue weighted by Gasteiger charge is -2.13. The van der Waals surface area contributed by atoms with E-state index in [2.05, 4.69) is 5.32 Å². The second kappa shape index (κ2) is 5.18. The summed E-state index contributed by atoms with van der Waals surface area (Å²) in [7, 11) is 0. The topological polar surface area (TPSA) is 136 Å². The normalized spacial score (nSPS) is 14.1. The van der Waals surface area contributed by atoms with E-state index < -0.39 is 29.9 Å². The highest BCUT2D eigenvalue weighted by atomic mass is 16.4. The van der Waals surface area contributed by atoms with Crippen LogP contribution < -0.4 is 16.8 Å². The molecular weight excluding hydrogens is 190 g/mol. The van der Waals surface area contributed by atoms with Crippen molar-refractivity contribution in [3.63, 3.8) is 0 Å². The summed E-state index contributed by atoms with van der Waals surface area (Å²) in [5.74, 6) is -2.60. The summed E-state index contributed by atoms with van der Waals surface area (Å²) in [5.41, 5.74) is 10.1. The van der Waals surface area contributed by atoms with Crippen molar-refractivity contribution in [2.75, 3.05) is 0 Å². The summed E-state index contributed by atoms with van der Waals surface area (Å²) in [4.78, 5) is 31.8. The zero-order valence-electron chi connectivity index (χ0n) is 7.69. The van der Waals surface area contributed by atoms with Crippen molar-refractivity contribution in [1.29, 1.82) is 0 Å². The van der Waals surface area contributed by atoms with Gasteiger partial charge in [0.1, 0.15) is 6.04 Å². The predicted octanol–water partition coefficient (Wildman–Crippen LogP) is -2.22. The molecule has 7 heteroatoms. The summed E-state index contributed by atoms with van der Waals surface area (Å²) >= 11 is 0. The molecule has 0 aromatic rings. The fourth-order valence-electron chi connectivity index (χ4n) is 0.692. The van der Waals surface area contributed by atoms with Crippen molar-refractivity contribution in [3.8, 4) is 0 Å². The summed E-state index contributed by atoms with van der Waals surface area (Å²) < 4.78 is 0. The average molecular weight is 203 g/mol. The van der Waals surface area contributed by atoms with Crippen LogP contribution in [0.5, 0.6) is 0 Å². The number of carbonyl (C=O) groups excluding carboxylic acids is 2. The van der Waals surface area contributed by atoms with Gasteiger partial charge in [-0.1, -0.05) is 0 Å². The van der Waals surface area contributed by atoms with E-state index in [1.165, 1.54) is 6.92 Å². The maximum Gasteiger partial charge on any atom is 0.325 e. The Hall–Kier alpha value is -1.63. The highest BCUT2D eigenvalue weighted by Crippen LogP contribution is 1.89. The molecule has 0 radical (unpaired) electrons. The molecule has 2 unspecified atom stereocenters. The zero-order chi connectivity index (χ0) is 11.3. The van der Waals surface area contributed by atoms with Gasteiger partial charge in [-0.05, 0) is 6.92 Å². The highest BCUT2D eigenvalue weighted by molar-refractivity contribution is 5.90. The third-order valence-corrected chi connectivity index (χ3v) is 1.49. The Morgan fingerprint density at radius 3 is 2.29 bits per heavy atom.